The van der Waals surface area contributed by atoms with Crippen molar-refractivity contribution in [1.82, 2.24) is 20.6 Å². The standard InChI is InChI=1S/C23H26N6OS/c1-12-9-26-20-19(24)21(31-23(20)27-12)22(30)28-15-4-2-14-7-17(5-3-13(14)6-15)29-11-16-8-18(29)10-25-16/h3,5,7,9,15-16,18,25H,2,4,6,8,10-11,24H2,1H3,(H,28,30)/t15-,16+,18+/m1/s1. The van der Waals surface area contributed by atoms with E-state index in [0.717, 1.165) is 42.9 Å². The molecule has 0 radical (unpaired) electrons. The monoisotopic (exact) mass is 434 g/mol. The van der Waals surface area contributed by atoms with Gasteiger partial charge in [-0.05, 0) is 55.9 Å². The number of nitrogen functional groups attached to an aromatic ring is 1. The average Bonchev–Trinajstić information content (AvgIpc) is 3.48. The maximum absolute atomic E-state index is 13.0. The smallest absolute Gasteiger partial charge is 0.263 e. The number of piperazine rings is 1. The maximum Gasteiger partial charge on any atom is 0.263 e. The minimum absolute atomic E-state index is 0.116. The lowest BCUT2D eigenvalue weighted by molar-refractivity contribution is 0.0938. The van der Waals surface area contributed by atoms with Crippen LogP contribution in [0.2, 0.25) is 0 Å². The molecule has 2 saturated heterocycles. The normalized spacial score (nSPS) is 24.5. The fraction of sp³-hybridized carbons (Fsp3) is 0.435. The Morgan fingerprint density at radius 1 is 1.35 bits per heavy atom. The summed E-state index contributed by atoms with van der Waals surface area (Å²) in [6, 6.07) is 8.29. The molecule has 4 N–H and O–H groups in total. The second-order valence-corrected chi connectivity index (χ2v) is 10.0. The fourth-order valence-electron chi connectivity index (χ4n) is 5.31. The van der Waals surface area contributed by atoms with E-state index >= 15 is 0 Å². The maximum atomic E-state index is 13.0. The lowest BCUT2D eigenvalue weighted by atomic mass is 9.87. The van der Waals surface area contributed by atoms with Gasteiger partial charge in [-0.25, -0.2) is 9.97 Å². The summed E-state index contributed by atoms with van der Waals surface area (Å²) >= 11 is 1.32. The molecule has 2 fully saturated rings. The van der Waals surface area contributed by atoms with Crippen LogP contribution in [0.3, 0.4) is 0 Å². The van der Waals surface area contributed by atoms with Gasteiger partial charge in [0.1, 0.15) is 15.2 Å². The number of nitrogens with one attached hydrogen (secondary N) is 2. The molecule has 0 spiro atoms. The molecule has 2 aromatic heterocycles. The third-order valence-corrected chi connectivity index (χ3v) is 7.99. The van der Waals surface area contributed by atoms with Crippen molar-refractivity contribution in [2.45, 2.75) is 50.7 Å². The topological polar surface area (TPSA) is 96.2 Å². The van der Waals surface area contributed by atoms with Gasteiger partial charge in [-0.3, -0.25) is 4.79 Å². The van der Waals surface area contributed by atoms with E-state index < -0.39 is 0 Å². The number of aromatic nitrogens is 2. The van der Waals surface area contributed by atoms with Crippen molar-refractivity contribution in [1.29, 1.82) is 0 Å². The Hall–Kier alpha value is -2.71. The first-order valence-electron chi connectivity index (χ1n) is 11.0. The molecule has 0 saturated carbocycles. The van der Waals surface area contributed by atoms with E-state index in [1.807, 2.05) is 6.92 Å². The first-order valence-corrected chi connectivity index (χ1v) is 11.8. The van der Waals surface area contributed by atoms with Gasteiger partial charge >= 0.3 is 0 Å². The summed E-state index contributed by atoms with van der Waals surface area (Å²) in [6.45, 7) is 4.10. The molecular weight excluding hydrogens is 408 g/mol. The van der Waals surface area contributed by atoms with E-state index in [4.69, 9.17) is 5.73 Å². The van der Waals surface area contributed by atoms with Gasteiger partial charge in [0.2, 0.25) is 0 Å². The first kappa shape index (κ1) is 19.0. The van der Waals surface area contributed by atoms with E-state index in [1.165, 1.54) is 34.6 Å². The number of nitrogens with zero attached hydrogens (tertiary/aromatic N) is 3. The van der Waals surface area contributed by atoms with Crippen molar-refractivity contribution < 1.29 is 4.79 Å². The van der Waals surface area contributed by atoms with Gasteiger partial charge in [0, 0.05) is 43.1 Å². The van der Waals surface area contributed by atoms with Gasteiger partial charge in [-0.2, -0.15) is 0 Å². The van der Waals surface area contributed by atoms with Gasteiger partial charge in [0.25, 0.3) is 5.91 Å². The highest BCUT2D eigenvalue weighted by Crippen LogP contribution is 2.34. The van der Waals surface area contributed by atoms with E-state index in [0.29, 0.717) is 28.2 Å². The minimum atomic E-state index is -0.120. The quantitative estimate of drug-likeness (QED) is 0.586. The van der Waals surface area contributed by atoms with Crippen LogP contribution in [0.1, 0.15) is 39.3 Å². The van der Waals surface area contributed by atoms with Crippen molar-refractivity contribution in [2.75, 3.05) is 23.7 Å². The Bertz CT molecular complexity index is 1190. The van der Waals surface area contributed by atoms with Crippen LogP contribution < -0.4 is 21.3 Å². The number of carbonyl (C=O) groups excluding carboxylic acids is 1. The van der Waals surface area contributed by atoms with Crippen molar-refractivity contribution in [3.63, 3.8) is 0 Å². The van der Waals surface area contributed by atoms with Crippen LogP contribution >= 0.6 is 11.3 Å². The van der Waals surface area contributed by atoms with Gasteiger partial charge in [0.15, 0.2) is 0 Å². The van der Waals surface area contributed by atoms with Crippen molar-refractivity contribution in [2.24, 2.45) is 0 Å². The summed E-state index contributed by atoms with van der Waals surface area (Å²) in [5.41, 5.74) is 12.2. The highest BCUT2D eigenvalue weighted by Gasteiger charge is 2.37. The van der Waals surface area contributed by atoms with E-state index in [-0.39, 0.29) is 11.9 Å². The Morgan fingerprint density at radius 3 is 3.06 bits per heavy atom. The van der Waals surface area contributed by atoms with Crippen molar-refractivity contribution >= 4 is 39.0 Å². The van der Waals surface area contributed by atoms with Crippen LogP contribution in [0.5, 0.6) is 0 Å². The molecule has 160 valence electrons. The van der Waals surface area contributed by atoms with Crippen LogP contribution in [-0.4, -0.2) is 47.1 Å². The largest absolute Gasteiger partial charge is 0.396 e. The Balaban J connectivity index is 1.17. The number of nitrogens with two attached hydrogens (primary N) is 1. The van der Waals surface area contributed by atoms with E-state index in [1.54, 1.807) is 6.20 Å². The van der Waals surface area contributed by atoms with Crippen LogP contribution in [0, 0.1) is 6.92 Å². The third-order valence-electron chi connectivity index (χ3n) is 6.91. The molecule has 4 heterocycles. The molecule has 8 heteroatoms. The number of hydrogen-bond donors (Lipinski definition) is 3. The lowest BCUT2D eigenvalue weighted by Crippen LogP contribution is -2.43. The minimum Gasteiger partial charge on any atom is -0.396 e. The molecule has 6 rings (SSSR count). The highest BCUT2D eigenvalue weighted by molar-refractivity contribution is 7.21. The van der Waals surface area contributed by atoms with Crippen molar-refractivity contribution in [3.8, 4) is 0 Å². The highest BCUT2D eigenvalue weighted by atomic mass is 32.1. The van der Waals surface area contributed by atoms with Crippen LogP contribution in [0.15, 0.2) is 24.4 Å². The molecular formula is C23H26N6OS. The molecule has 2 aliphatic heterocycles. The number of aryl methyl sites for hydroxylation is 2. The predicted octanol–water partition coefficient (Wildman–Crippen LogP) is 2.42. The van der Waals surface area contributed by atoms with E-state index in [2.05, 4.69) is 43.7 Å². The average molecular weight is 435 g/mol. The SMILES string of the molecule is Cc1cnc2c(N)c(C(=O)N[C@@H]3CCc4cc(N5C[C@@H]6C[C@H]5CN6)ccc4C3)sc2n1. The number of thiophene rings is 1. The third kappa shape index (κ3) is 3.25. The molecule has 1 aliphatic carbocycles. The summed E-state index contributed by atoms with van der Waals surface area (Å²) in [7, 11) is 0. The number of benzene rings is 1. The number of fused-ring (bicyclic) bond motifs is 4. The fourth-order valence-corrected chi connectivity index (χ4v) is 6.31. The van der Waals surface area contributed by atoms with Crippen LogP contribution in [-0.2, 0) is 12.8 Å². The van der Waals surface area contributed by atoms with Crippen LogP contribution in [0.4, 0.5) is 11.4 Å². The van der Waals surface area contributed by atoms with E-state index in [9.17, 15) is 4.79 Å². The van der Waals surface area contributed by atoms with Gasteiger partial charge in [0.05, 0.1) is 11.4 Å². The number of carbonyl (C=O) groups is 1. The molecule has 2 bridgehead atoms. The second-order valence-electron chi connectivity index (χ2n) is 9.02. The molecule has 3 atom stereocenters. The van der Waals surface area contributed by atoms with Gasteiger partial charge < -0.3 is 21.3 Å². The summed E-state index contributed by atoms with van der Waals surface area (Å²) in [6.07, 6.45) is 5.73. The van der Waals surface area contributed by atoms with Crippen molar-refractivity contribution in [3.05, 3.63) is 46.1 Å². The zero-order valence-electron chi connectivity index (χ0n) is 17.5. The molecule has 3 aliphatic rings. The number of anilines is 2. The Kier molecular flexibility index (Phi) is 4.40. The van der Waals surface area contributed by atoms with Crippen LogP contribution in [0.25, 0.3) is 10.3 Å². The summed E-state index contributed by atoms with van der Waals surface area (Å²) in [5, 5.41) is 6.77. The zero-order chi connectivity index (χ0) is 21.1. The summed E-state index contributed by atoms with van der Waals surface area (Å²) in [5.74, 6) is -0.120. The molecule has 1 amide bonds. The molecule has 31 heavy (non-hydrogen) atoms. The van der Waals surface area contributed by atoms with Gasteiger partial charge in [-0.1, -0.05) is 6.07 Å². The Labute approximate surface area is 185 Å². The number of hydrogen-bond acceptors (Lipinski definition) is 7. The first-order chi connectivity index (χ1) is 15.0. The van der Waals surface area contributed by atoms with Gasteiger partial charge in [-0.15, -0.1) is 11.3 Å². The molecule has 1 aromatic carbocycles. The second kappa shape index (κ2) is 7.17. The number of amides is 1. The molecule has 0 unspecified atom stereocenters. The summed E-state index contributed by atoms with van der Waals surface area (Å²) in [4.78, 5) is 25.6. The molecule has 7 nitrogen and oxygen atoms in total. The lowest BCUT2D eigenvalue weighted by Gasteiger charge is -2.32. The molecule has 3 aromatic rings. The zero-order valence-corrected chi connectivity index (χ0v) is 18.3. The summed E-state index contributed by atoms with van der Waals surface area (Å²) < 4.78 is 0. The predicted molar refractivity (Wildman–Crippen MR) is 124 cm³/mol. The Morgan fingerprint density at radius 2 is 2.26 bits per heavy atom. The number of rotatable bonds is 3.